The van der Waals surface area contributed by atoms with Crippen molar-refractivity contribution in [3.63, 3.8) is 0 Å². The van der Waals surface area contributed by atoms with Crippen LogP contribution in [-0.2, 0) is 15.3 Å². The molecule has 0 aromatic heterocycles. The zero-order valence-corrected chi connectivity index (χ0v) is 14.5. The first-order chi connectivity index (χ1) is 12.0. The molecule has 0 unspecified atom stereocenters. The topological polar surface area (TPSA) is 98.5 Å². The SMILES string of the molecule is COC(=O)c1cccc(CSCC(=O)Nc2ccc(C(N)=O)cc2)c1. The monoisotopic (exact) mass is 358 g/mol. The summed E-state index contributed by atoms with van der Waals surface area (Å²) in [6, 6.07) is 13.5. The lowest BCUT2D eigenvalue weighted by molar-refractivity contribution is -0.113. The Balaban J connectivity index is 1.82. The van der Waals surface area contributed by atoms with Crippen molar-refractivity contribution in [1.29, 1.82) is 0 Å². The molecule has 0 aliphatic carbocycles. The highest BCUT2D eigenvalue weighted by atomic mass is 32.2. The summed E-state index contributed by atoms with van der Waals surface area (Å²) in [5.41, 5.74) is 7.58. The predicted molar refractivity (Wildman–Crippen MR) is 97.5 cm³/mol. The Labute approximate surface area is 149 Å². The number of amides is 2. The van der Waals surface area contributed by atoms with E-state index in [1.54, 1.807) is 42.5 Å². The number of benzene rings is 2. The molecule has 130 valence electrons. The maximum Gasteiger partial charge on any atom is 0.337 e. The molecule has 0 saturated heterocycles. The summed E-state index contributed by atoms with van der Waals surface area (Å²) < 4.78 is 4.68. The van der Waals surface area contributed by atoms with Gasteiger partial charge in [0, 0.05) is 17.0 Å². The molecule has 0 bridgehead atoms. The Hall–Kier alpha value is -2.80. The van der Waals surface area contributed by atoms with Crippen LogP contribution in [0.15, 0.2) is 48.5 Å². The molecule has 25 heavy (non-hydrogen) atoms. The summed E-state index contributed by atoms with van der Waals surface area (Å²) in [6.07, 6.45) is 0. The molecule has 2 amide bonds. The highest BCUT2D eigenvalue weighted by Gasteiger charge is 2.07. The molecule has 0 aliphatic heterocycles. The van der Waals surface area contributed by atoms with Gasteiger partial charge >= 0.3 is 5.97 Å². The summed E-state index contributed by atoms with van der Waals surface area (Å²) in [5, 5.41) is 2.75. The van der Waals surface area contributed by atoms with Crippen LogP contribution in [0.1, 0.15) is 26.3 Å². The highest BCUT2D eigenvalue weighted by Crippen LogP contribution is 2.15. The third kappa shape index (κ3) is 5.65. The number of carbonyl (C=O) groups excluding carboxylic acids is 3. The van der Waals surface area contributed by atoms with Crippen molar-refractivity contribution < 1.29 is 19.1 Å². The largest absolute Gasteiger partial charge is 0.465 e. The molecule has 3 N–H and O–H groups in total. The normalized spacial score (nSPS) is 10.1. The highest BCUT2D eigenvalue weighted by molar-refractivity contribution is 7.99. The molecule has 0 fully saturated rings. The van der Waals surface area contributed by atoms with Gasteiger partial charge in [-0.15, -0.1) is 11.8 Å². The number of primary amides is 1. The summed E-state index contributed by atoms with van der Waals surface area (Å²) in [6.45, 7) is 0. The second kappa shape index (κ2) is 8.89. The Morgan fingerprint density at radius 2 is 1.80 bits per heavy atom. The first-order valence-corrected chi connectivity index (χ1v) is 8.60. The Morgan fingerprint density at radius 3 is 2.44 bits per heavy atom. The van der Waals surface area contributed by atoms with Crippen LogP contribution in [0.2, 0.25) is 0 Å². The van der Waals surface area contributed by atoms with Crippen molar-refractivity contribution in [3.05, 3.63) is 65.2 Å². The zero-order chi connectivity index (χ0) is 18.2. The molecular formula is C18H18N2O4S. The number of thioether (sulfide) groups is 1. The van der Waals surface area contributed by atoms with Gasteiger partial charge in [-0.25, -0.2) is 4.79 Å². The summed E-state index contributed by atoms with van der Waals surface area (Å²) in [4.78, 5) is 34.4. The van der Waals surface area contributed by atoms with Crippen LogP contribution in [0, 0.1) is 0 Å². The van der Waals surface area contributed by atoms with Crippen LogP contribution >= 0.6 is 11.8 Å². The van der Waals surface area contributed by atoms with Gasteiger partial charge < -0.3 is 15.8 Å². The fourth-order valence-corrected chi connectivity index (χ4v) is 2.86. The number of carbonyl (C=O) groups is 3. The average Bonchev–Trinajstić information content (AvgIpc) is 2.61. The minimum atomic E-state index is -0.511. The lowest BCUT2D eigenvalue weighted by Gasteiger charge is -2.06. The van der Waals surface area contributed by atoms with Crippen molar-refractivity contribution in [2.45, 2.75) is 5.75 Å². The van der Waals surface area contributed by atoms with Gasteiger partial charge in [0.2, 0.25) is 11.8 Å². The summed E-state index contributed by atoms with van der Waals surface area (Å²) in [5.74, 6) is -0.189. The van der Waals surface area contributed by atoms with Gasteiger partial charge in [0.25, 0.3) is 0 Å². The third-order valence-corrected chi connectivity index (χ3v) is 4.31. The predicted octanol–water partition coefficient (Wildman–Crippen LogP) is 2.44. The quantitative estimate of drug-likeness (QED) is 0.741. The number of nitrogens with one attached hydrogen (secondary N) is 1. The lowest BCUT2D eigenvalue weighted by atomic mass is 10.1. The molecule has 0 atom stereocenters. The van der Waals surface area contributed by atoms with E-state index in [2.05, 4.69) is 10.1 Å². The minimum absolute atomic E-state index is 0.152. The average molecular weight is 358 g/mol. The standard InChI is InChI=1S/C18H18N2O4S/c1-24-18(23)14-4-2-3-12(9-14)10-25-11-16(21)20-15-7-5-13(6-8-15)17(19)22/h2-9H,10-11H2,1H3,(H2,19,22)(H,20,21). The first kappa shape index (κ1) is 18.5. The van der Waals surface area contributed by atoms with Crippen LogP contribution in [0.4, 0.5) is 5.69 Å². The molecule has 2 aromatic rings. The molecule has 0 heterocycles. The van der Waals surface area contributed by atoms with Crippen molar-refractivity contribution in [2.75, 3.05) is 18.2 Å². The van der Waals surface area contributed by atoms with Gasteiger partial charge in [-0.3, -0.25) is 9.59 Å². The van der Waals surface area contributed by atoms with Crippen molar-refractivity contribution >= 4 is 35.2 Å². The van der Waals surface area contributed by atoms with Crippen molar-refractivity contribution in [2.24, 2.45) is 5.73 Å². The third-order valence-electron chi connectivity index (χ3n) is 3.30. The number of ether oxygens (including phenoxy) is 1. The van der Waals surface area contributed by atoms with E-state index in [0.717, 1.165) is 5.56 Å². The van der Waals surface area contributed by atoms with E-state index in [1.807, 2.05) is 6.07 Å². The maximum atomic E-state index is 11.9. The molecule has 2 aromatic carbocycles. The van der Waals surface area contributed by atoms with E-state index in [0.29, 0.717) is 22.6 Å². The Morgan fingerprint density at radius 1 is 1.08 bits per heavy atom. The maximum absolute atomic E-state index is 11.9. The fourth-order valence-electron chi connectivity index (χ4n) is 2.08. The van der Waals surface area contributed by atoms with E-state index in [4.69, 9.17) is 5.73 Å². The van der Waals surface area contributed by atoms with Crippen LogP contribution < -0.4 is 11.1 Å². The van der Waals surface area contributed by atoms with Gasteiger partial charge in [-0.05, 0) is 42.0 Å². The number of nitrogens with two attached hydrogens (primary N) is 1. The number of methoxy groups -OCH3 is 1. The van der Waals surface area contributed by atoms with E-state index < -0.39 is 5.91 Å². The lowest BCUT2D eigenvalue weighted by Crippen LogP contribution is -2.15. The molecule has 0 spiro atoms. The second-order valence-corrected chi connectivity index (χ2v) is 6.16. The number of esters is 1. The van der Waals surface area contributed by atoms with Crippen molar-refractivity contribution in [1.82, 2.24) is 0 Å². The first-order valence-electron chi connectivity index (χ1n) is 7.44. The summed E-state index contributed by atoms with van der Waals surface area (Å²) >= 11 is 1.43. The van der Waals surface area contributed by atoms with Crippen LogP contribution in [0.3, 0.4) is 0 Å². The fraction of sp³-hybridized carbons (Fsp3) is 0.167. The number of hydrogen-bond donors (Lipinski definition) is 2. The molecule has 2 rings (SSSR count). The zero-order valence-electron chi connectivity index (χ0n) is 13.7. The Bertz CT molecular complexity index is 775. The van der Waals surface area contributed by atoms with E-state index in [-0.39, 0.29) is 17.6 Å². The van der Waals surface area contributed by atoms with Gasteiger partial charge in [0.15, 0.2) is 0 Å². The van der Waals surface area contributed by atoms with Gasteiger partial charge in [0.1, 0.15) is 0 Å². The van der Waals surface area contributed by atoms with Gasteiger partial charge in [-0.1, -0.05) is 12.1 Å². The molecule has 0 aliphatic rings. The number of rotatable bonds is 7. The van der Waals surface area contributed by atoms with E-state index in [1.165, 1.54) is 18.9 Å². The van der Waals surface area contributed by atoms with E-state index in [9.17, 15) is 14.4 Å². The van der Waals surface area contributed by atoms with Crippen LogP contribution in [-0.4, -0.2) is 30.6 Å². The van der Waals surface area contributed by atoms with Gasteiger partial charge in [-0.2, -0.15) is 0 Å². The van der Waals surface area contributed by atoms with Crippen LogP contribution in [0.5, 0.6) is 0 Å². The van der Waals surface area contributed by atoms with Gasteiger partial charge in [0.05, 0.1) is 18.4 Å². The van der Waals surface area contributed by atoms with Crippen molar-refractivity contribution in [3.8, 4) is 0 Å². The molecule has 7 heteroatoms. The number of anilines is 1. The molecule has 0 radical (unpaired) electrons. The number of hydrogen-bond acceptors (Lipinski definition) is 5. The molecule has 6 nitrogen and oxygen atoms in total. The minimum Gasteiger partial charge on any atom is -0.465 e. The molecular weight excluding hydrogens is 340 g/mol. The summed E-state index contributed by atoms with van der Waals surface area (Å²) in [7, 11) is 1.34. The molecule has 0 saturated carbocycles. The second-order valence-electron chi connectivity index (χ2n) is 5.17. The van der Waals surface area contributed by atoms with Crippen LogP contribution in [0.25, 0.3) is 0 Å². The Kier molecular flexibility index (Phi) is 6.59. The van der Waals surface area contributed by atoms with E-state index >= 15 is 0 Å². The smallest absolute Gasteiger partial charge is 0.337 e.